The predicted molar refractivity (Wildman–Crippen MR) is 82.1 cm³/mol. The van der Waals surface area contributed by atoms with Crippen molar-refractivity contribution < 1.29 is 4.74 Å². The van der Waals surface area contributed by atoms with Gasteiger partial charge >= 0.3 is 0 Å². The van der Waals surface area contributed by atoms with Crippen LogP contribution in [0.15, 0.2) is 42.5 Å². The molecule has 2 aromatic rings. The summed E-state index contributed by atoms with van der Waals surface area (Å²) in [5.41, 5.74) is 3.82. The van der Waals surface area contributed by atoms with Crippen LogP contribution in [0, 0.1) is 3.57 Å². The molecule has 0 saturated carbocycles. The van der Waals surface area contributed by atoms with E-state index in [1.54, 1.807) is 0 Å². The van der Waals surface area contributed by atoms with Crippen molar-refractivity contribution in [2.75, 3.05) is 11.9 Å². The molecule has 0 atom stereocenters. The third-order valence-corrected chi connectivity index (χ3v) is 4.05. The zero-order chi connectivity index (χ0) is 12.4. The Morgan fingerprint density at radius 2 is 2.06 bits per heavy atom. The second kappa shape index (κ2) is 5.18. The monoisotopic (exact) mass is 351 g/mol. The van der Waals surface area contributed by atoms with E-state index in [4.69, 9.17) is 4.74 Å². The highest BCUT2D eigenvalue weighted by Crippen LogP contribution is 2.26. The summed E-state index contributed by atoms with van der Waals surface area (Å²) < 4.78 is 6.76. The molecule has 0 radical (unpaired) electrons. The van der Waals surface area contributed by atoms with E-state index in [0.717, 1.165) is 25.3 Å². The molecular formula is C15H14INO. The Bertz CT molecular complexity index is 568. The van der Waals surface area contributed by atoms with Gasteiger partial charge < -0.3 is 10.1 Å². The number of para-hydroxylation sites is 1. The fourth-order valence-electron chi connectivity index (χ4n) is 2.15. The lowest BCUT2D eigenvalue weighted by atomic mass is 10.1. The van der Waals surface area contributed by atoms with E-state index in [1.807, 2.05) is 0 Å². The molecule has 0 unspecified atom stereocenters. The summed E-state index contributed by atoms with van der Waals surface area (Å²) in [6.45, 7) is 1.68. The molecule has 0 saturated heterocycles. The predicted octanol–water partition coefficient (Wildman–Crippen LogP) is 3.84. The molecule has 1 aliphatic rings. The first-order chi connectivity index (χ1) is 8.83. The molecule has 0 aromatic heterocycles. The van der Waals surface area contributed by atoms with Gasteiger partial charge in [0.25, 0.3) is 0 Å². The van der Waals surface area contributed by atoms with Crippen molar-refractivity contribution in [1.29, 1.82) is 0 Å². The quantitative estimate of drug-likeness (QED) is 0.849. The molecular weight excluding hydrogens is 337 g/mol. The topological polar surface area (TPSA) is 21.3 Å². The van der Waals surface area contributed by atoms with E-state index in [2.05, 4.69) is 70.4 Å². The molecule has 0 aliphatic carbocycles. The number of anilines is 1. The van der Waals surface area contributed by atoms with Crippen LogP contribution < -0.4 is 10.1 Å². The zero-order valence-electron chi connectivity index (χ0n) is 9.95. The fraction of sp³-hybridized carbons (Fsp3) is 0.200. The van der Waals surface area contributed by atoms with Crippen molar-refractivity contribution in [1.82, 2.24) is 0 Å². The lowest BCUT2D eigenvalue weighted by molar-refractivity contribution is 0.357. The lowest BCUT2D eigenvalue weighted by Gasteiger charge is -2.09. The normalized spacial score (nSPS) is 12.9. The third kappa shape index (κ3) is 2.46. The Hall–Kier alpha value is -1.23. The second-order valence-electron chi connectivity index (χ2n) is 4.37. The summed E-state index contributed by atoms with van der Waals surface area (Å²) in [6, 6.07) is 14.8. The first-order valence-corrected chi connectivity index (χ1v) is 7.14. The Morgan fingerprint density at radius 3 is 2.94 bits per heavy atom. The lowest BCUT2D eigenvalue weighted by Crippen LogP contribution is -2.01. The average Bonchev–Trinajstić information content (AvgIpc) is 2.85. The van der Waals surface area contributed by atoms with Crippen molar-refractivity contribution in [2.24, 2.45) is 0 Å². The molecule has 1 heterocycles. The Balaban J connectivity index is 1.72. The molecule has 2 nitrogen and oxygen atoms in total. The third-order valence-electron chi connectivity index (χ3n) is 3.11. The average molecular weight is 351 g/mol. The minimum atomic E-state index is 0.822. The maximum Gasteiger partial charge on any atom is 0.122 e. The largest absolute Gasteiger partial charge is 0.493 e. The van der Waals surface area contributed by atoms with Gasteiger partial charge in [0.15, 0.2) is 0 Å². The molecule has 0 spiro atoms. The van der Waals surface area contributed by atoms with Gasteiger partial charge in [-0.05, 0) is 51.9 Å². The van der Waals surface area contributed by atoms with Gasteiger partial charge in [0.05, 0.1) is 6.61 Å². The van der Waals surface area contributed by atoms with Gasteiger partial charge in [-0.2, -0.15) is 0 Å². The maximum atomic E-state index is 5.51. The summed E-state index contributed by atoms with van der Waals surface area (Å²) in [6.07, 6.45) is 1.03. The molecule has 18 heavy (non-hydrogen) atoms. The standard InChI is InChI=1S/C15H14INO/c16-13-3-1-2-4-14(13)17-10-11-5-6-15-12(9-11)7-8-18-15/h1-6,9,17H,7-8,10H2. The van der Waals surface area contributed by atoms with E-state index >= 15 is 0 Å². The van der Waals surface area contributed by atoms with Crippen LogP contribution in [0.4, 0.5) is 5.69 Å². The number of halogens is 1. The summed E-state index contributed by atoms with van der Waals surface area (Å²) >= 11 is 2.35. The number of hydrogen-bond donors (Lipinski definition) is 1. The van der Waals surface area contributed by atoms with Crippen LogP contribution in [0.3, 0.4) is 0 Å². The van der Waals surface area contributed by atoms with Crippen molar-refractivity contribution in [3.05, 3.63) is 57.2 Å². The molecule has 92 valence electrons. The van der Waals surface area contributed by atoms with Crippen molar-refractivity contribution >= 4 is 28.3 Å². The maximum absolute atomic E-state index is 5.51. The van der Waals surface area contributed by atoms with Crippen LogP contribution >= 0.6 is 22.6 Å². The highest BCUT2D eigenvalue weighted by molar-refractivity contribution is 14.1. The van der Waals surface area contributed by atoms with Gasteiger partial charge in [0, 0.05) is 22.2 Å². The van der Waals surface area contributed by atoms with Crippen LogP contribution in [0.2, 0.25) is 0 Å². The van der Waals surface area contributed by atoms with E-state index in [-0.39, 0.29) is 0 Å². The number of rotatable bonds is 3. The minimum Gasteiger partial charge on any atom is -0.493 e. The smallest absolute Gasteiger partial charge is 0.122 e. The van der Waals surface area contributed by atoms with Crippen LogP contribution in [0.1, 0.15) is 11.1 Å². The number of nitrogens with one attached hydrogen (secondary N) is 1. The Morgan fingerprint density at radius 1 is 1.17 bits per heavy atom. The molecule has 1 aliphatic heterocycles. The summed E-state index contributed by atoms with van der Waals surface area (Å²) in [7, 11) is 0. The highest BCUT2D eigenvalue weighted by atomic mass is 127. The van der Waals surface area contributed by atoms with Gasteiger partial charge in [-0.3, -0.25) is 0 Å². The van der Waals surface area contributed by atoms with E-state index in [9.17, 15) is 0 Å². The molecule has 0 amide bonds. The molecule has 1 N–H and O–H groups in total. The van der Waals surface area contributed by atoms with Crippen molar-refractivity contribution in [3.63, 3.8) is 0 Å². The first kappa shape index (κ1) is 11.8. The van der Waals surface area contributed by atoms with Gasteiger partial charge in [0.2, 0.25) is 0 Å². The summed E-state index contributed by atoms with van der Waals surface area (Å²) in [5.74, 6) is 1.05. The Labute approximate surface area is 121 Å². The molecule has 3 rings (SSSR count). The number of ether oxygens (including phenoxy) is 1. The van der Waals surface area contributed by atoms with Crippen molar-refractivity contribution in [3.8, 4) is 5.75 Å². The summed E-state index contributed by atoms with van der Waals surface area (Å²) in [5, 5.41) is 3.47. The van der Waals surface area contributed by atoms with Crippen LogP contribution in [0.25, 0.3) is 0 Å². The van der Waals surface area contributed by atoms with Gasteiger partial charge in [-0.1, -0.05) is 24.3 Å². The molecule has 2 aromatic carbocycles. The highest BCUT2D eigenvalue weighted by Gasteiger charge is 2.11. The Kier molecular flexibility index (Phi) is 3.41. The first-order valence-electron chi connectivity index (χ1n) is 6.06. The van der Waals surface area contributed by atoms with Crippen molar-refractivity contribution in [2.45, 2.75) is 13.0 Å². The van der Waals surface area contributed by atoms with E-state index in [0.29, 0.717) is 0 Å². The number of hydrogen-bond acceptors (Lipinski definition) is 2. The van der Waals surface area contributed by atoms with Crippen LogP contribution in [-0.4, -0.2) is 6.61 Å². The number of benzene rings is 2. The summed E-state index contributed by atoms with van der Waals surface area (Å²) in [4.78, 5) is 0. The molecule has 3 heteroatoms. The van der Waals surface area contributed by atoms with Crippen LogP contribution in [0.5, 0.6) is 5.75 Å². The van der Waals surface area contributed by atoms with Gasteiger partial charge in [-0.25, -0.2) is 0 Å². The minimum absolute atomic E-state index is 0.822. The van der Waals surface area contributed by atoms with Crippen LogP contribution in [-0.2, 0) is 13.0 Å². The van der Waals surface area contributed by atoms with E-state index in [1.165, 1.54) is 20.4 Å². The SMILES string of the molecule is Ic1ccccc1NCc1ccc2c(c1)CCO2. The van der Waals surface area contributed by atoms with Gasteiger partial charge in [-0.15, -0.1) is 0 Å². The molecule has 0 bridgehead atoms. The number of fused-ring (bicyclic) bond motifs is 1. The zero-order valence-corrected chi connectivity index (χ0v) is 12.1. The molecule has 0 fully saturated rings. The fourth-order valence-corrected chi connectivity index (χ4v) is 2.73. The van der Waals surface area contributed by atoms with E-state index < -0.39 is 0 Å². The van der Waals surface area contributed by atoms with Gasteiger partial charge in [0.1, 0.15) is 5.75 Å². The second-order valence-corrected chi connectivity index (χ2v) is 5.54.